The summed E-state index contributed by atoms with van der Waals surface area (Å²) in [6.07, 6.45) is 1.25. The van der Waals surface area contributed by atoms with Crippen LogP contribution in [0.25, 0.3) is 0 Å². The lowest BCUT2D eigenvalue weighted by atomic mass is 10.3. The Morgan fingerprint density at radius 1 is 1.32 bits per heavy atom. The average molecular weight is 261 g/mol. The number of hydrogen-bond donors (Lipinski definition) is 2. The summed E-state index contributed by atoms with van der Waals surface area (Å²) >= 11 is 0. The van der Waals surface area contributed by atoms with E-state index in [0.717, 1.165) is 5.69 Å². The molecule has 0 fully saturated rings. The van der Waals surface area contributed by atoms with Gasteiger partial charge in [0.05, 0.1) is 0 Å². The molecule has 0 aliphatic rings. The SMILES string of the molecule is CCC.Cc1nc(C(N)=O)c(Nc2ccccc2)o1. The van der Waals surface area contributed by atoms with Crippen LogP contribution in [0.1, 0.15) is 36.6 Å². The molecular weight excluding hydrogens is 242 g/mol. The fourth-order valence-electron chi connectivity index (χ4n) is 1.33. The standard InChI is InChI=1S/C11H11N3O2.C3H8/c1-7-13-9(10(12)15)11(16-7)14-8-5-3-2-4-6-8;1-3-2/h2-6,14H,1H3,(H2,12,15);3H2,1-2H3. The Morgan fingerprint density at radius 3 is 2.42 bits per heavy atom. The van der Waals surface area contributed by atoms with Gasteiger partial charge in [0.25, 0.3) is 5.91 Å². The van der Waals surface area contributed by atoms with E-state index >= 15 is 0 Å². The monoisotopic (exact) mass is 261 g/mol. The molecule has 3 N–H and O–H groups in total. The van der Waals surface area contributed by atoms with Crippen molar-refractivity contribution in [2.45, 2.75) is 27.2 Å². The predicted octanol–water partition coefficient (Wildman–Crippen LogP) is 3.24. The van der Waals surface area contributed by atoms with Crippen LogP contribution >= 0.6 is 0 Å². The second-order valence-corrected chi connectivity index (χ2v) is 3.97. The van der Waals surface area contributed by atoms with Gasteiger partial charge in [-0.3, -0.25) is 4.79 Å². The number of anilines is 2. The first-order valence-electron chi connectivity index (χ1n) is 6.17. The average Bonchev–Trinajstić information content (AvgIpc) is 2.73. The molecule has 19 heavy (non-hydrogen) atoms. The molecular formula is C14H19N3O2. The quantitative estimate of drug-likeness (QED) is 0.888. The zero-order chi connectivity index (χ0) is 14.3. The number of aromatic nitrogens is 1. The minimum absolute atomic E-state index is 0.112. The highest BCUT2D eigenvalue weighted by atomic mass is 16.4. The maximum absolute atomic E-state index is 11.1. The molecule has 102 valence electrons. The van der Waals surface area contributed by atoms with Crippen LogP contribution in [-0.4, -0.2) is 10.9 Å². The van der Waals surface area contributed by atoms with Crippen LogP contribution in [0.15, 0.2) is 34.7 Å². The molecule has 0 spiro atoms. The normalized spacial score (nSPS) is 9.42. The second kappa shape index (κ2) is 7.20. The third-order valence-electron chi connectivity index (χ3n) is 2.00. The number of nitrogens with one attached hydrogen (secondary N) is 1. The summed E-state index contributed by atoms with van der Waals surface area (Å²) in [5.41, 5.74) is 6.10. The number of nitrogens with zero attached hydrogens (tertiary/aromatic N) is 1. The van der Waals surface area contributed by atoms with Gasteiger partial charge in [-0.25, -0.2) is 4.98 Å². The Morgan fingerprint density at radius 2 is 1.89 bits per heavy atom. The second-order valence-electron chi connectivity index (χ2n) is 3.97. The maximum Gasteiger partial charge on any atom is 0.273 e. The Bertz CT molecular complexity index is 521. The molecule has 0 unspecified atom stereocenters. The lowest BCUT2D eigenvalue weighted by molar-refractivity contribution is 0.0996. The Hall–Kier alpha value is -2.30. The number of aryl methyl sites for hydroxylation is 1. The molecule has 0 saturated carbocycles. The van der Waals surface area contributed by atoms with Gasteiger partial charge in [-0.1, -0.05) is 38.5 Å². The van der Waals surface area contributed by atoms with Gasteiger partial charge in [0.1, 0.15) is 0 Å². The lowest BCUT2D eigenvalue weighted by Gasteiger charge is -2.02. The van der Waals surface area contributed by atoms with E-state index in [9.17, 15) is 4.79 Å². The summed E-state index contributed by atoms with van der Waals surface area (Å²) < 4.78 is 5.26. The van der Waals surface area contributed by atoms with Crippen LogP contribution in [0.4, 0.5) is 11.6 Å². The van der Waals surface area contributed by atoms with E-state index in [1.54, 1.807) is 6.92 Å². The van der Waals surface area contributed by atoms with Gasteiger partial charge in [0.2, 0.25) is 5.88 Å². The van der Waals surface area contributed by atoms with Gasteiger partial charge < -0.3 is 15.5 Å². The molecule has 1 aromatic heterocycles. The fraction of sp³-hybridized carbons (Fsp3) is 0.286. The van der Waals surface area contributed by atoms with Crippen molar-refractivity contribution in [3.05, 3.63) is 41.9 Å². The van der Waals surface area contributed by atoms with Gasteiger partial charge in [0, 0.05) is 12.6 Å². The molecule has 0 aliphatic heterocycles. The van der Waals surface area contributed by atoms with Crippen molar-refractivity contribution in [1.82, 2.24) is 4.98 Å². The molecule has 0 radical (unpaired) electrons. The first-order chi connectivity index (χ1) is 9.08. The zero-order valence-corrected chi connectivity index (χ0v) is 11.4. The van der Waals surface area contributed by atoms with Crippen molar-refractivity contribution in [2.75, 3.05) is 5.32 Å². The number of benzene rings is 1. The predicted molar refractivity (Wildman–Crippen MR) is 75.4 cm³/mol. The van der Waals surface area contributed by atoms with Crippen molar-refractivity contribution in [3.63, 3.8) is 0 Å². The number of carbonyl (C=O) groups excluding carboxylic acids is 1. The number of oxazole rings is 1. The van der Waals surface area contributed by atoms with Gasteiger partial charge in [-0.15, -0.1) is 0 Å². The molecule has 2 aromatic rings. The number of nitrogens with two attached hydrogens (primary N) is 1. The third-order valence-corrected chi connectivity index (χ3v) is 2.00. The number of rotatable bonds is 3. The largest absolute Gasteiger partial charge is 0.424 e. The summed E-state index contributed by atoms with van der Waals surface area (Å²) in [6.45, 7) is 5.91. The van der Waals surface area contributed by atoms with Crippen molar-refractivity contribution >= 4 is 17.5 Å². The van der Waals surface area contributed by atoms with Crippen LogP contribution < -0.4 is 11.1 Å². The summed E-state index contributed by atoms with van der Waals surface area (Å²) in [6, 6.07) is 9.34. The summed E-state index contributed by atoms with van der Waals surface area (Å²) in [5.74, 6) is 0.0544. The van der Waals surface area contributed by atoms with E-state index < -0.39 is 5.91 Å². The third kappa shape index (κ3) is 4.46. The van der Waals surface area contributed by atoms with Crippen molar-refractivity contribution < 1.29 is 9.21 Å². The van der Waals surface area contributed by atoms with Crippen LogP contribution in [0.5, 0.6) is 0 Å². The first kappa shape index (κ1) is 14.8. The van der Waals surface area contributed by atoms with E-state index in [1.165, 1.54) is 6.42 Å². The minimum atomic E-state index is -0.615. The number of amides is 1. The van der Waals surface area contributed by atoms with E-state index in [4.69, 9.17) is 10.2 Å². The summed E-state index contributed by atoms with van der Waals surface area (Å²) in [4.78, 5) is 15.0. The highest BCUT2D eigenvalue weighted by molar-refractivity contribution is 5.95. The molecule has 1 heterocycles. The Labute approximate surface area is 112 Å². The number of hydrogen-bond acceptors (Lipinski definition) is 4. The minimum Gasteiger partial charge on any atom is -0.424 e. The molecule has 5 heteroatoms. The van der Waals surface area contributed by atoms with Crippen LogP contribution in [0.2, 0.25) is 0 Å². The van der Waals surface area contributed by atoms with E-state index in [2.05, 4.69) is 24.1 Å². The van der Waals surface area contributed by atoms with Gasteiger partial charge in [0.15, 0.2) is 11.6 Å². The molecule has 2 rings (SSSR count). The first-order valence-corrected chi connectivity index (χ1v) is 6.17. The molecule has 1 aromatic carbocycles. The number of carbonyl (C=O) groups is 1. The topological polar surface area (TPSA) is 81.1 Å². The van der Waals surface area contributed by atoms with Crippen molar-refractivity contribution in [2.24, 2.45) is 5.73 Å². The smallest absolute Gasteiger partial charge is 0.273 e. The lowest BCUT2D eigenvalue weighted by Crippen LogP contribution is -2.13. The molecule has 0 atom stereocenters. The van der Waals surface area contributed by atoms with Crippen LogP contribution in [0.3, 0.4) is 0 Å². The number of primary amides is 1. The van der Waals surface area contributed by atoms with Gasteiger partial charge in [-0.05, 0) is 12.1 Å². The van der Waals surface area contributed by atoms with Gasteiger partial charge in [-0.2, -0.15) is 0 Å². The Balaban J connectivity index is 0.000000550. The Kier molecular flexibility index (Phi) is 5.60. The highest BCUT2D eigenvalue weighted by Gasteiger charge is 2.15. The molecule has 0 bridgehead atoms. The molecule has 0 saturated heterocycles. The number of para-hydroxylation sites is 1. The molecule has 0 aliphatic carbocycles. The highest BCUT2D eigenvalue weighted by Crippen LogP contribution is 2.21. The molecule has 5 nitrogen and oxygen atoms in total. The van der Waals surface area contributed by atoms with Crippen LogP contribution in [-0.2, 0) is 0 Å². The van der Waals surface area contributed by atoms with Crippen LogP contribution in [0, 0.1) is 6.92 Å². The van der Waals surface area contributed by atoms with Gasteiger partial charge >= 0.3 is 0 Å². The zero-order valence-electron chi connectivity index (χ0n) is 11.4. The molecule has 1 amide bonds. The summed E-state index contributed by atoms with van der Waals surface area (Å²) in [7, 11) is 0. The van der Waals surface area contributed by atoms with E-state index in [-0.39, 0.29) is 11.6 Å². The maximum atomic E-state index is 11.1. The van der Waals surface area contributed by atoms with E-state index in [1.807, 2.05) is 30.3 Å². The van der Waals surface area contributed by atoms with Crippen molar-refractivity contribution in [3.8, 4) is 0 Å². The van der Waals surface area contributed by atoms with E-state index in [0.29, 0.717) is 5.89 Å². The summed E-state index contributed by atoms with van der Waals surface area (Å²) in [5, 5.41) is 2.94. The van der Waals surface area contributed by atoms with Crippen molar-refractivity contribution in [1.29, 1.82) is 0 Å². The fourth-order valence-corrected chi connectivity index (χ4v) is 1.33.